The highest BCUT2D eigenvalue weighted by atomic mass is 19.4. The van der Waals surface area contributed by atoms with Crippen molar-refractivity contribution in [3.63, 3.8) is 0 Å². The molecule has 0 aromatic heterocycles. The molecule has 5 nitrogen and oxygen atoms in total. The molecule has 0 aromatic carbocycles. The molecule has 3 fully saturated rings. The second-order valence-electron chi connectivity index (χ2n) is 5.36. The number of aliphatic carboxylic acids is 1. The third kappa shape index (κ3) is 4.80. The van der Waals surface area contributed by atoms with E-state index in [4.69, 9.17) is 9.90 Å². The first-order valence-electron chi connectivity index (χ1n) is 6.05. The van der Waals surface area contributed by atoms with Crippen molar-refractivity contribution in [3.8, 4) is 0 Å². The summed E-state index contributed by atoms with van der Waals surface area (Å²) in [5, 5.41) is 12.7. The van der Waals surface area contributed by atoms with Crippen molar-refractivity contribution in [1.29, 1.82) is 0 Å². The first kappa shape index (κ1) is 17.6. The standard InChI is InChI=1S/C9H14F2N2O.C2HF3O2/c1-8(10,11)7(14)13-5-9-2-6(3-9)12-4-9;3-2(4,5)1(6)7/h6,12H,2-5H2,1H3,(H,13,14);(H,6,7). The highest BCUT2D eigenvalue weighted by Crippen LogP contribution is 2.45. The van der Waals surface area contributed by atoms with E-state index < -0.39 is 24.0 Å². The maximum Gasteiger partial charge on any atom is 0.490 e. The number of carboxylic acid groups (broad SMARTS) is 1. The molecular weight excluding hydrogens is 303 g/mol. The van der Waals surface area contributed by atoms with Crippen molar-refractivity contribution in [2.45, 2.75) is 37.9 Å². The van der Waals surface area contributed by atoms with Crippen molar-refractivity contribution in [2.24, 2.45) is 5.41 Å². The van der Waals surface area contributed by atoms with Crippen LogP contribution < -0.4 is 10.6 Å². The number of rotatable bonds is 3. The van der Waals surface area contributed by atoms with Crippen LogP contribution in [0.1, 0.15) is 19.8 Å². The monoisotopic (exact) mass is 318 g/mol. The number of carbonyl (C=O) groups excluding carboxylic acids is 1. The summed E-state index contributed by atoms with van der Waals surface area (Å²) < 4.78 is 56.7. The van der Waals surface area contributed by atoms with E-state index in [2.05, 4.69) is 10.6 Å². The van der Waals surface area contributed by atoms with E-state index >= 15 is 0 Å². The minimum absolute atomic E-state index is 0.0611. The molecule has 1 aliphatic carbocycles. The van der Waals surface area contributed by atoms with Crippen LogP contribution in [0, 0.1) is 5.41 Å². The van der Waals surface area contributed by atoms with Crippen molar-refractivity contribution >= 4 is 11.9 Å². The van der Waals surface area contributed by atoms with E-state index in [1.54, 1.807) is 0 Å². The fraction of sp³-hybridized carbons (Fsp3) is 0.818. The predicted octanol–water partition coefficient (Wildman–Crippen LogP) is 1.14. The lowest BCUT2D eigenvalue weighted by atomic mass is 9.70. The minimum Gasteiger partial charge on any atom is -0.475 e. The number of halogens is 5. The van der Waals surface area contributed by atoms with Crippen LogP contribution in [0.3, 0.4) is 0 Å². The number of nitrogens with one attached hydrogen (secondary N) is 2. The van der Waals surface area contributed by atoms with E-state index in [1.165, 1.54) is 0 Å². The fourth-order valence-electron chi connectivity index (χ4n) is 2.26. The Labute approximate surface area is 116 Å². The first-order valence-corrected chi connectivity index (χ1v) is 6.05. The minimum atomic E-state index is -5.08. The fourth-order valence-corrected chi connectivity index (χ4v) is 2.26. The number of hydrogen-bond acceptors (Lipinski definition) is 3. The van der Waals surface area contributed by atoms with Gasteiger partial charge in [-0.05, 0) is 12.8 Å². The van der Waals surface area contributed by atoms with Gasteiger partial charge in [-0.3, -0.25) is 4.79 Å². The van der Waals surface area contributed by atoms with Gasteiger partial charge in [0.05, 0.1) is 0 Å². The van der Waals surface area contributed by atoms with Crippen LogP contribution in [-0.2, 0) is 9.59 Å². The van der Waals surface area contributed by atoms with E-state index in [1.807, 2.05) is 0 Å². The number of carbonyl (C=O) groups is 2. The molecule has 0 spiro atoms. The van der Waals surface area contributed by atoms with Gasteiger partial charge in [0.25, 0.3) is 5.91 Å². The Kier molecular flexibility index (Phi) is 4.81. The third-order valence-corrected chi connectivity index (χ3v) is 3.39. The molecule has 0 aromatic rings. The predicted molar refractivity (Wildman–Crippen MR) is 60.8 cm³/mol. The summed E-state index contributed by atoms with van der Waals surface area (Å²) in [5.41, 5.74) is 0.0611. The Morgan fingerprint density at radius 3 is 2.05 bits per heavy atom. The Morgan fingerprint density at radius 2 is 1.76 bits per heavy atom. The second-order valence-corrected chi connectivity index (χ2v) is 5.36. The Morgan fingerprint density at radius 1 is 1.29 bits per heavy atom. The molecule has 0 radical (unpaired) electrons. The summed E-state index contributed by atoms with van der Waals surface area (Å²) in [6, 6.07) is 0.550. The van der Waals surface area contributed by atoms with Gasteiger partial charge >= 0.3 is 18.1 Å². The van der Waals surface area contributed by atoms with Crippen LogP contribution in [0.25, 0.3) is 0 Å². The molecule has 3 rings (SSSR count). The second kappa shape index (κ2) is 5.74. The lowest BCUT2D eigenvalue weighted by Gasteiger charge is -2.37. The zero-order chi connectivity index (χ0) is 16.5. The Bertz CT molecular complexity index is 408. The summed E-state index contributed by atoms with van der Waals surface area (Å²) >= 11 is 0. The topological polar surface area (TPSA) is 78.4 Å². The van der Waals surface area contributed by atoms with Gasteiger partial charge in [-0.2, -0.15) is 22.0 Å². The van der Waals surface area contributed by atoms with Crippen molar-refractivity contribution in [2.75, 3.05) is 13.1 Å². The van der Waals surface area contributed by atoms with Gasteiger partial charge in [-0.15, -0.1) is 0 Å². The average Bonchev–Trinajstić information content (AvgIpc) is 2.83. The maximum absolute atomic E-state index is 12.5. The lowest BCUT2D eigenvalue weighted by molar-refractivity contribution is -0.192. The lowest BCUT2D eigenvalue weighted by Crippen LogP contribution is -2.47. The Hall–Kier alpha value is -1.45. The van der Waals surface area contributed by atoms with Crippen LogP contribution in [0.4, 0.5) is 22.0 Å². The van der Waals surface area contributed by atoms with Crippen molar-refractivity contribution < 1.29 is 36.6 Å². The normalized spacial score (nSPS) is 27.2. The molecule has 122 valence electrons. The molecule has 2 saturated heterocycles. The van der Waals surface area contributed by atoms with E-state index in [9.17, 15) is 26.7 Å². The molecule has 2 bridgehead atoms. The van der Waals surface area contributed by atoms with E-state index in [-0.39, 0.29) is 5.41 Å². The summed E-state index contributed by atoms with van der Waals surface area (Å²) in [7, 11) is 0. The van der Waals surface area contributed by atoms with Crippen LogP contribution in [-0.4, -0.2) is 48.2 Å². The average molecular weight is 318 g/mol. The molecule has 1 saturated carbocycles. The number of carboxylic acids is 1. The smallest absolute Gasteiger partial charge is 0.475 e. The highest BCUT2D eigenvalue weighted by Gasteiger charge is 2.50. The van der Waals surface area contributed by atoms with Gasteiger partial charge in [0.2, 0.25) is 0 Å². The molecule has 2 heterocycles. The third-order valence-electron chi connectivity index (χ3n) is 3.39. The van der Waals surface area contributed by atoms with Crippen LogP contribution in [0.2, 0.25) is 0 Å². The number of alkyl halides is 5. The van der Waals surface area contributed by atoms with Gasteiger partial charge in [0.1, 0.15) is 0 Å². The molecule has 0 unspecified atom stereocenters. The molecule has 0 atom stereocenters. The summed E-state index contributed by atoms with van der Waals surface area (Å²) in [6.07, 6.45) is -3.08. The zero-order valence-electron chi connectivity index (χ0n) is 11.1. The SMILES string of the molecule is CC(F)(F)C(=O)NCC12CNC(C1)C2.O=C(O)C(F)(F)F. The summed E-state index contributed by atoms with van der Waals surface area (Å²) in [4.78, 5) is 19.8. The summed E-state index contributed by atoms with van der Waals surface area (Å²) in [5.74, 6) is -7.18. The van der Waals surface area contributed by atoms with Crippen LogP contribution in [0.15, 0.2) is 0 Å². The van der Waals surface area contributed by atoms with Gasteiger partial charge in [0.15, 0.2) is 0 Å². The summed E-state index contributed by atoms with van der Waals surface area (Å²) in [6.45, 7) is 1.84. The van der Waals surface area contributed by atoms with E-state index in [0.717, 1.165) is 19.4 Å². The number of amides is 1. The first-order chi connectivity index (χ1) is 9.36. The molecule has 21 heavy (non-hydrogen) atoms. The van der Waals surface area contributed by atoms with Gasteiger partial charge < -0.3 is 15.7 Å². The zero-order valence-corrected chi connectivity index (χ0v) is 11.1. The van der Waals surface area contributed by atoms with Gasteiger partial charge in [-0.25, -0.2) is 4.79 Å². The van der Waals surface area contributed by atoms with Crippen molar-refractivity contribution in [1.82, 2.24) is 10.6 Å². The molecule has 1 amide bonds. The highest BCUT2D eigenvalue weighted by molar-refractivity contribution is 5.82. The van der Waals surface area contributed by atoms with Crippen LogP contribution in [0.5, 0.6) is 0 Å². The molecular formula is C11H15F5N2O3. The quantitative estimate of drug-likeness (QED) is 0.682. The number of hydrogen-bond donors (Lipinski definition) is 3. The van der Waals surface area contributed by atoms with Crippen LogP contribution >= 0.6 is 0 Å². The number of fused-ring (bicyclic) bond motifs is 1. The van der Waals surface area contributed by atoms with Crippen molar-refractivity contribution in [3.05, 3.63) is 0 Å². The largest absolute Gasteiger partial charge is 0.490 e. The van der Waals surface area contributed by atoms with E-state index in [0.29, 0.717) is 19.5 Å². The maximum atomic E-state index is 12.5. The molecule has 2 aliphatic heterocycles. The Balaban J connectivity index is 0.000000270. The van der Waals surface area contributed by atoms with Gasteiger partial charge in [0, 0.05) is 31.5 Å². The molecule has 3 aliphatic rings. The molecule has 10 heteroatoms. The molecule has 3 N–H and O–H groups in total. The van der Waals surface area contributed by atoms with Gasteiger partial charge in [-0.1, -0.05) is 0 Å².